The van der Waals surface area contributed by atoms with Gasteiger partial charge in [-0.15, -0.1) is 11.3 Å². The lowest BCUT2D eigenvalue weighted by Gasteiger charge is -2.19. The third-order valence-corrected chi connectivity index (χ3v) is 4.69. The highest BCUT2D eigenvalue weighted by Gasteiger charge is 2.20. The molecule has 3 heteroatoms. The standard InChI is InChI=1S/C17H21NOS/c1-10-11(2)20-16(18)14(10)15(19)12-6-8-13(9-7-12)17(3,4)5/h6-9H,18H2,1-5H3. The van der Waals surface area contributed by atoms with Crippen molar-refractivity contribution < 1.29 is 4.79 Å². The lowest BCUT2D eigenvalue weighted by Crippen LogP contribution is -2.11. The Hall–Kier alpha value is -1.61. The van der Waals surface area contributed by atoms with Crippen LogP contribution in [0.25, 0.3) is 0 Å². The Kier molecular flexibility index (Phi) is 3.74. The lowest BCUT2D eigenvalue weighted by atomic mass is 9.86. The number of rotatable bonds is 2. The second kappa shape index (κ2) is 5.06. The van der Waals surface area contributed by atoms with E-state index in [4.69, 9.17) is 5.73 Å². The summed E-state index contributed by atoms with van der Waals surface area (Å²) in [5, 5.41) is 0.616. The van der Waals surface area contributed by atoms with Crippen molar-refractivity contribution >= 4 is 22.1 Å². The quantitative estimate of drug-likeness (QED) is 0.828. The van der Waals surface area contributed by atoms with E-state index in [1.807, 2.05) is 38.1 Å². The third-order valence-electron chi connectivity index (χ3n) is 3.65. The summed E-state index contributed by atoms with van der Waals surface area (Å²) in [5.74, 6) is 0.0183. The van der Waals surface area contributed by atoms with E-state index < -0.39 is 0 Å². The Balaban J connectivity index is 2.39. The Morgan fingerprint density at radius 1 is 1.10 bits per heavy atom. The van der Waals surface area contributed by atoms with Gasteiger partial charge in [0.05, 0.1) is 10.6 Å². The monoisotopic (exact) mass is 287 g/mol. The molecule has 0 bridgehead atoms. The van der Waals surface area contributed by atoms with Crippen molar-refractivity contribution in [1.29, 1.82) is 0 Å². The van der Waals surface area contributed by atoms with Gasteiger partial charge in [-0.2, -0.15) is 0 Å². The van der Waals surface area contributed by atoms with Gasteiger partial charge in [-0.3, -0.25) is 4.79 Å². The number of anilines is 1. The molecule has 2 nitrogen and oxygen atoms in total. The van der Waals surface area contributed by atoms with Crippen LogP contribution in [0.15, 0.2) is 24.3 Å². The molecule has 1 aromatic carbocycles. The molecule has 20 heavy (non-hydrogen) atoms. The number of benzene rings is 1. The van der Waals surface area contributed by atoms with Crippen LogP contribution >= 0.6 is 11.3 Å². The molecule has 0 atom stereocenters. The van der Waals surface area contributed by atoms with Crippen LogP contribution in [0.3, 0.4) is 0 Å². The fraction of sp³-hybridized carbons (Fsp3) is 0.353. The van der Waals surface area contributed by atoms with Crippen molar-refractivity contribution in [3.63, 3.8) is 0 Å². The number of hydrogen-bond acceptors (Lipinski definition) is 3. The SMILES string of the molecule is Cc1sc(N)c(C(=O)c2ccc(C(C)(C)C)cc2)c1C. The van der Waals surface area contributed by atoms with Gasteiger partial charge in [-0.25, -0.2) is 0 Å². The van der Waals surface area contributed by atoms with Crippen LogP contribution in [0.4, 0.5) is 5.00 Å². The molecule has 106 valence electrons. The van der Waals surface area contributed by atoms with Crippen LogP contribution in [0.2, 0.25) is 0 Å². The van der Waals surface area contributed by atoms with Crippen LogP contribution in [0.1, 0.15) is 52.7 Å². The summed E-state index contributed by atoms with van der Waals surface area (Å²) in [6.45, 7) is 10.4. The van der Waals surface area contributed by atoms with Crippen molar-refractivity contribution in [2.75, 3.05) is 5.73 Å². The maximum absolute atomic E-state index is 12.6. The van der Waals surface area contributed by atoms with Crippen LogP contribution < -0.4 is 5.73 Å². The molecule has 0 amide bonds. The molecule has 0 saturated carbocycles. The molecule has 2 N–H and O–H groups in total. The van der Waals surface area contributed by atoms with Crippen molar-refractivity contribution in [1.82, 2.24) is 0 Å². The zero-order valence-electron chi connectivity index (χ0n) is 12.7. The van der Waals surface area contributed by atoms with Crippen molar-refractivity contribution in [2.45, 2.75) is 40.0 Å². The first-order valence-corrected chi connectivity index (χ1v) is 7.54. The number of nitrogens with two attached hydrogens (primary N) is 1. The van der Waals surface area contributed by atoms with Gasteiger partial charge in [0.1, 0.15) is 0 Å². The van der Waals surface area contributed by atoms with Gasteiger partial charge in [0.25, 0.3) is 0 Å². The minimum Gasteiger partial charge on any atom is -0.390 e. The summed E-state index contributed by atoms with van der Waals surface area (Å²) in [7, 11) is 0. The fourth-order valence-corrected chi connectivity index (χ4v) is 3.13. The van der Waals surface area contributed by atoms with Gasteiger partial charge < -0.3 is 5.73 Å². The van der Waals surface area contributed by atoms with E-state index in [-0.39, 0.29) is 11.2 Å². The molecule has 0 aliphatic carbocycles. The second-order valence-electron chi connectivity index (χ2n) is 6.18. The molecule has 2 aromatic rings. The Bertz CT molecular complexity index is 645. The molecule has 2 rings (SSSR count). The van der Waals surface area contributed by atoms with Gasteiger partial charge in [0, 0.05) is 10.4 Å². The summed E-state index contributed by atoms with van der Waals surface area (Å²) >= 11 is 1.48. The number of nitrogen functional groups attached to an aromatic ring is 1. The van der Waals surface area contributed by atoms with Crippen LogP contribution in [0, 0.1) is 13.8 Å². The van der Waals surface area contributed by atoms with Gasteiger partial charge in [-0.1, -0.05) is 45.0 Å². The average Bonchev–Trinajstić information content (AvgIpc) is 2.62. The molecule has 0 fully saturated rings. The average molecular weight is 287 g/mol. The molecular weight excluding hydrogens is 266 g/mol. The molecule has 0 saturated heterocycles. The van der Waals surface area contributed by atoms with Gasteiger partial charge in [0.15, 0.2) is 5.78 Å². The van der Waals surface area contributed by atoms with E-state index in [0.29, 0.717) is 16.1 Å². The highest BCUT2D eigenvalue weighted by Crippen LogP contribution is 2.32. The van der Waals surface area contributed by atoms with Crippen LogP contribution in [-0.4, -0.2) is 5.78 Å². The zero-order valence-corrected chi connectivity index (χ0v) is 13.5. The van der Waals surface area contributed by atoms with E-state index in [1.54, 1.807) is 0 Å². The molecular formula is C17H21NOS. The lowest BCUT2D eigenvalue weighted by molar-refractivity contribution is 0.103. The zero-order chi connectivity index (χ0) is 15.1. The third kappa shape index (κ3) is 2.63. The normalized spacial score (nSPS) is 11.7. The topological polar surface area (TPSA) is 43.1 Å². The predicted octanol–water partition coefficient (Wildman–Crippen LogP) is 4.48. The first-order chi connectivity index (χ1) is 9.21. The van der Waals surface area contributed by atoms with E-state index >= 15 is 0 Å². The smallest absolute Gasteiger partial charge is 0.196 e. The van der Waals surface area contributed by atoms with Crippen LogP contribution in [-0.2, 0) is 5.41 Å². The summed E-state index contributed by atoms with van der Waals surface area (Å²) in [4.78, 5) is 13.7. The van der Waals surface area contributed by atoms with Gasteiger partial charge in [-0.05, 0) is 30.4 Å². The Morgan fingerprint density at radius 2 is 1.65 bits per heavy atom. The van der Waals surface area contributed by atoms with Crippen LogP contribution in [0.5, 0.6) is 0 Å². The van der Waals surface area contributed by atoms with Gasteiger partial charge >= 0.3 is 0 Å². The number of aryl methyl sites for hydroxylation is 1. The van der Waals surface area contributed by atoms with E-state index in [1.165, 1.54) is 16.9 Å². The summed E-state index contributed by atoms with van der Waals surface area (Å²) in [6, 6.07) is 7.85. The summed E-state index contributed by atoms with van der Waals surface area (Å²) < 4.78 is 0. The molecule has 0 spiro atoms. The highest BCUT2D eigenvalue weighted by molar-refractivity contribution is 7.16. The number of carbonyl (C=O) groups excluding carboxylic acids is 1. The fourth-order valence-electron chi connectivity index (χ4n) is 2.20. The summed E-state index contributed by atoms with van der Waals surface area (Å²) in [6.07, 6.45) is 0. The molecule has 1 aromatic heterocycles. The summed E-state index contributed by atoms with van der Waals surface area (Å²) in [5.41, 5.74) is 9.65. The number of thiophene rings is 1. The number of hydrogen-bond donors (Lipinski definition) is 1. The molecule has 0 radical (unpaired) electrons. The highest BCUT2D eigenvalue weighted by atomic mass is 32.1. The largest absolute Gasteiger partial charge is 0.390 e. The minimum atomic E-state index is 0.0183. The van der Waals surface area contributed by atoms with Crippen molar-refractivity contribution in [2.24, 2.45) is 0 Å². The Labute approximate surface area is 124 Å². The predicted molar refractivity (Wildman–Crippen MR) is 86.8 cm³/mol. The molecule has 1 heterocycles. The van der Waals surface area contributed by atoms with E-state index in [2.05, 4.69) is 20.8 Å². The van der Waals surface area contributed by atoms with Gasteiger partial charge in [0.2, 0.25) is 0 Å². The van der Waals surface area contributed by atoms with Crippen molar-refractivity contribution in [3.05, 3.63) is 51.4 Å². The molecule has 0 aliphatic heterocycles. The first-order valence-electron chi connectivity index (χ1n) is 6.72. The van der Waals surface area contributed by atoms with Crippen molar-refractivity contribution in [3.8, 4) is 0 Å². The second-order valence-corrected chi connectivity index (χ2v) is 7.44. The van der Waals surface area contributed by atoms with E-state index in [0.717, 1.165) is 10.4 Å². The van der Waals surface area contributed by atoms with E-state index in [9.17, 15) is 4.79 Å². The first kappa shape index (κ1) is 14.8. The number of ketones is 1. The molecule has 0 aliphatic rings. The minimum absolute atomic E-state index is 0.0183. The Morgan fingerprint density at radius 3 is 2.05 bits per heavy atom. The molecule has 0 unspecified atom stereocenters. The maximum Gasteiger partial charge on any atom is 0.196 e. The maximum atomic E-state index is 12.6. The number of carbonyl (C=O) groups is 1.